The summed E-state index contributed by atoms with van der Waals surface area (Å²) in [5.41, 5.74) is 5.15. The Balaban J connectivity index is 1.44. The van der Waals surface area contributed by atoms with Crippen LogP contribution in [0.5, 0.6) is 5.75 Å². The monoisotopic (exact) mass is 399 g/mol. The van der Waals surface area contributed by atoms with Gasteiger partial charge in [-0.05, 0) is 34.9 Å². The molecular formula is C25H21NO4. The summed E-state index contributed by atoms with van der Waals surface area (Å²) in [4.78, 5) is 11.5. The van der Waals surface area contributed by atoms with Gasteiger partial charge in [-0.3, -0.25) is 0 Å². The van der Waals surface area contributed by atoms with Crippen LogP contribution in [0.3, 0.4) is 0 Å². The summed E-state index contributed by atoms with van der Waals surface area (Å²) in [5, 5.41) is 12.8. The van der Waals surface area contributed by atoms with Gasteiger partial charge in [0.25, 0.3) is 0 Å². The average Bonchev–Trinajstić information content (AvgIpc) is 3.32. The molecule has 0 bridgehead atoms. The Morgan fingerprint density at radius 3 is 2.40 bits per heavy atom. The van der Waals surface area contributed by atoms with Crippen molar-refractivity contribution >= 4 is 11.7 Å². The van der Waals surface area contributed by atoms with Gasteiger partial charge in [-0.1, -0.05) is 54.6 Å². The Kier molecular flexibility index (Phi) is 5.80. The Hall–Kier alpha value is -3.99. The van der Waals surface area contributed by atoms with E-state index in [1.165, 1.54) is 0 Å². The largest absolute Gasteiger partial charge is 0.488 e. The first-order valence-corrected chi connectivity index (χ1v) is 9.58. The molecule has 5 heteroatoms. The molecule has 0 saturated carbocycles. The molecule has 0 aliphatic heterocycles. The molecule has 0 aliphatic carbocycles. The predicted octanol–water partition coefficient (Wildman–Crippen LogP) is 5.84. The number of carbonyl (C=O) groups is 1. The standard InChI is InChI=1S/C25H21NO4/c27-25(28)23-11-10-22(14-24(23)30-16-19-4-2-1-3-5-19)26-15-18-6-8-20(9-7-18)21-12-13-29-17-21/h1-14,17,26H,15-16H2,(H,27,28). The minimum Gasteiger partial charge on any atom is -0.488 e. The zero-order valence-electron chi connectivity index (χ0n) is 16.2. The van der Waals surface area contributed by atoms with Crippen molar-refractivity contribution in [1.82, 2.24) is 0 Å². The van der Waals surface area contributed by atoms with Crippen molar-refractivity contribution < 1.29 is 19.1 Å². The summed E-state index contributed by atoms with van der Waals surface area (Å²) in [7, 11) is 0. The van der Waals surface area contributed by atoms with E-state index in [1.807, 2.05) is 60.7 Å². The van der Waals surface area contributed by atoms with Crippen molar-refractivity contribution in [3.63, 3.8) is 0 Å². The molecule has 1 heterocycles. The number of carboxylic acids is 1. The highest BCUT2D eigenvalue weighted by atomic mass is 16.5. The third-order valence-corrected chi connectivity index (χ3v) is 4.75. The Morgan fingerprint density at radius 1 is 0.900 bits per heavy atom. The van der Waals surface area contributed by atoms with Crippen LogP contribution in [0, 0.1) is 0 Å². The molecule has 4 rings (SSSR count). The first-order chi connectivity index (χ1) is 14.7. The quantitative estimate of drug-likeness (QED) is 0.390. The Morgan fingerprint density at radius 2 is 1.70 bits per heavy atom. The van der Waals surface area contributed by atoms with Crippen molar-refractivity contribution in [2.75, 3.05) is 5.32 Å². The minimum absolute atomic E-state index is 0.140. The van der Waals surface area contributed by atoms with E-state index in [-0.39, 0.29) is 5.56 Å². The molecular weight excluding hydrogens is 378 g/mol. The number of nitrogens with one attached hydrogen (secondary N) is 1. The van der Waals surface area contributed by atoms with Gasteiger partial charge in [-0.15, -0.1) is 0 Å². The van der Waals surface area contributed by atoms with Crippen LogP contribution in [0.1, 0.15) is 21.5 Å². The number of aromatic carboxylic acids is 1. The molecule has 0 saturated heterocycles. The van der Waals surface area contributed by atoms with Gasteiger partial charge in [0, 0.05) is 23.9 Å². The van der Waals surface area contributed by atoms with E-state index in [0.717, 1.165) is 27.9 Å². The molecule has 150 valence electrons. The van der Waals surface area contributed by atoms with Crippen molar-refractivity contribution in [3.8, 4) is 16.9 Å². The molecule has 0 amide bonds. The lowest BCUT2D eigenvalue weighted by atomic mass is 10.1. The van der Waals surface area contributed by atoms with E-state index in [1.54, 1.807) is 30.7 Å². The molecule has 0 aliphatic rings. The molecule has 1 aromatic heterocycles. The van der Waals surface area contributed by atoms with Crippen LogP contribution in [0.2, 0.25) is 0 Å². The van der Waals surface area contributed by atoms with Crippen molar-refractivity contribution in [3.05, 3.63) is 108 Å². The van der Waals surface area contributed by atoms with Gasteiger partial charge in [0.15, 0.2) is 0 Å². The topological polar surface area (TPSA) is 71.7 Å². The number of rotatable bonds is 8. The highest BCUT2D eigenvalue weighted by molar-refractivity contribution is 5.91. The summed E-state index contributed by atoms with van der Waals surface area (Å²) in [6, 6.07) is 24.8. The molecule has 2 N–H and O–H groups in total. The van der Waals surface area contributed by atoms with Crippen LogP contribution in [0.4, 0.5) is 5.69 Å². The maximum Gasteiger partial charge on any atom is 0.339 e. The summed E-state index contributed by atoms with van der Waals surface area (Å²) >= 11 is 0. The van der Waals surface area contributed by atoms with Crippen LogP contribution < -0.4 is 10.1 Å². The van der Waals surface area contributed by atoms with Crippen LogP contribution in [-0.4, -0.2) is 11.1 Å². The number of hydrogen-bond donors (Lipinski definition) is 2. The molecule has 4 aromatic rings. The molecule has 0 fully saturated rings. The second kappa shape index (κ2) is 9.01. The van der Waals surface area contributed by atoms with E-state index >= 15 is 0 Å². The Bertz CT molecular complexity index is 1100. The van der Waals surface area contributed by atoms with E-state index in [4.69, 9.17) is 9.15 Å². The fraction of sp³-hybridized carbons (Fsp3) is 0.0800. The van der Waals surface area contributed by atoms with Gasteiger partial charge < -0.3 is 19.6 Å². The van der Waals surface area contributed by atoms with Gasteiger partial charge in [0.05, 0.1) is 12.5 Å². The van der Waals surface area contributed by atoms with Crippen molar-refractivity contribution in [2.45, 2.75) is 13.2 Å². The van der Waals surface area contributed by atoms with Crippen LogP contribution >= 0.6 is 0 Å². The number of furan rings is 1. The smallest absolute Gasteiger partial charge is 0.339 e. The summed E-state index contributed by atoms with van der Waals surface area (Å²) < 4.78 is 10.9. The maximum atomic E-state index is 11.5. The zero-order chi connectivity index (χ0) is 20.8. The summed E-state index contributed by atoms with van der Waals surface area (Å²) in [5.74, 6) is -0.675. The van der Waals surface area contributed by atoms with Crippen LogP contribution in [0.15, 0.2) is 95.8 Å². The second-order valence-corrected chi connectivity index (χ2v) is 6.85. The van der Waals surface area contributed by atoms with Gasteiger partial charge in [0.1, 0.15) is 17.9 Å². The van der Waals surface area contributed by atoms with E-state index in [2.05, 4.69) is 5.32 Å². The van der Waals surface area contributed by atoms with Gasteiger partial charge >= 0.3 is 5.97 Å². The molecule has 0 spiro atoms. The molecule has 30 heavy (non-hydrogen) atoms. The lowest BCUT2D eigenvalue weighted by Gasteiger charge is -2.13. The average molecular weight is 399 g/mol. The number of carboxylic acid groups (broad SMARTS) is 1. The molecule has 3 aromatic carbocycles. The highest BCUT2D eigenvalue weighted by Crippen LogP contribution is 2.26. The fourth-order valence-corrected chi connectivity index (χ4v) is 3.11. The molecule has 0 unspecified atom stereocenters. The maximum absolute atomic E-state index is 11.5. The molecule has 5 nitrogen and oxygen atoms in total. The van der Waals surface area contributed by atoms with Crippen molar-refractivity contribution in [1.29, 1.82) is 0 Å². The van der Waals surface area contributed by atoms with Gasteiger partial charge in [0.2, 0.25) is 0 Å². The lowest BCUT2D eigenvalue weighted by Crippen LogP contribution is -2.05. The lowest BCUT2D eigenvalue weighted by molar-refractivity contribution is 0.0692. The normalized spacial score (nSPS) is 10.5. The number of hydrogen-bond acceptors (Lipinski definition) is 4. The minimum atomic E-state index is -1.01. The van der Waals surface area contributed by atoms with Gasteiger partial charge in [-0.2, -0.15) is 0 Å². The fourth-order valence-electron chi connectivity index (χ4n) is 3.11. The van der Waals surface area contributed by atoms with E-state index < -0.39 is 5.97 Å². The number of anilines is 1. The first-order valence-electron chi connectivity index (χ1n) is 9.58. The number of ether oxygens (including phenoxy) is 1. The van der Waals surface area contributed by atoms with Crippen LogP contribution in [-0.2, 0) is 13.2 Å². The van der Waals surface area contributed by atoms with Gasteiger partial charge in [-0.25, -0.2) is 4.79 Å². The molecule has 0 radical (unpaired) electrons. The second-order valence-electron chi connectivity index (χ2n) is 6.85. The van der Waals surface area contributed by atoms with E-state index in [9.17, 15) is 9.90 Å². The number of benzene rings is 3. The molecule has 0 atom stereocenters. The third kappa shape index (κ3) is 4.70. The predicted molar refractivity (Wildman–Crippen MR) is 116 cm³/mol. The SMILES string of the molecule is O=C(O)c1ccc(NCc2ccc(-c3ccoc3)cc2)cc1OCc1ccccc1. The Labute approximate surface area is 174 Å². The third-order valence-electron chi connectivity index (χ3n) is 4.75. The summed E-state index contributed by atoms with van der Waals surface area (Å²) in [6.45, 7) is 0.913. The highest BCUT2D eigenvalue weighted by Gasteiger charge is 2.12. The first kappa shape index (κ1) is 19.3. The van der Waals surface area contributed by atoms with Crippen LogP contribution in [0.25, 0.3) is 11.1 Å². The van der Waals surface area contributed by atoms with E-state index in [0.29, 0.717) is 18.9 Å². The van der Waals surface area contributed by atoms with Crippen molar-refractivity contribution in [2.24, 2.45) is 0 Å². The summed E-state index contributed by atoms with van der Waals surface area (Å²) in [6.07, 6.45) is 3.37. The zero-order valence-corrected chi connectivity index (χ0v) is 16.2.